The summed E-state index contributed by atoms with van der Waals surface area (Å²) in [6.45, 7) is 0. The highest BCUT2D eigenvalue weighted by Gasteiger charge is 2.37. The summed E-state index contributed by atoms with van der Waals surface area (Å²) in [5.74, 6) is -0.803. The second-order valence-corrected chi connectivity index (χ2v) is 12.4. The number of allylic oxidation sites excluding steroid dienone is 2. The minimum atomic E-state index is -1.01. The Labute approximate surface area is 276 Å². The van der Waals surface area contributed by atoms with E-state index in [0.29, 0.717) is 34.2 Å². The third-order valence-electron chi connectivity index (χ3n) is 9.83. The summed E-state index contributed by atoms with van der Waals surface area (Å²) in [7, 11) is 0. The number of imide groups is 1. The summed E-state index contributed by atoms with van der Waals surface area (Å²) in [5.41, 5.74) is 7.03. The van der Waals surface area contributed by atoms with Gasteiger partial charge in [-0.3, -0.25) is 14.4 Å². The largest absolute Gasteiger partial charge is 0.369 e. The number of benzene rings is 6. The molecule has 1 N–H and O–H groups in total. The molecule has 3 amide bonds. The van der Waals surface area contributed by atoms with Crippen LogP contribution in [0.15, 0.2) is 140 Å². The maximum Gasteiger partial charge on any atom is 0.265 e. The van der Waals surface area contributed by atoms with E-state index >= 15 is 0 Å². The van der Waals surface area contributed by atoms with E-state index in [-0.39, 0.29) is 23.8 Å². The van der Waals surface area contributed by atoms with Gasteiger partial charge >= 0.3 is 0 Å². The number of aliphatic hydroxyl groups excluding tert-OH is 1. The molecule has 48 heavy (non-hydrogen) atoms. The van der Waals surface area contributed by atoms with Crippen molar-refractivity contribution in [3.05, 3.63) is 167 Å². The number of carbonyl (C=O) groups is 3. The van der Waals surface area contributed by atoms with E-state index in [9.17, 15) is 19.5 Å². The van der Waals surface area contributed by atoms with Crippen LogP contribution in [0.5, 0.6) is 0 Å². The number of nitrogens with zero attached hydrogens (tertiary/aromatic N) is 2. The molecule has 6 nitrogen and oxygen atoms in total. The Morgan fingerprint density at radius 2 is 1.08 bits per heavy atom. The van der Waals surface area contributed by atoms with Crippen LogP contribution < -0.4 is 4.90 Å². The number of aliphatic hydroxyl groups is 1. The van der Waals surface area contributed by atoms with Crippen molar-refractivity contribution in [2.24, 2.45) is 0 Å². The van der Waals surface area contributed by atoms with E-state index in [2.05, 4.69) is 30.3 Å². The first-order valence-electron chi connectivity index (χ1n) is 16.0. The lowest BCUT2D eigenvalue weighted by Gasteiger charge is -2.38. The second-order valence-electron chi connectivity index (χ2n) is 12.4. The van der Waals surface area contributed by atoms with Crippen LogP contribution in [0.25, 0.3) is 38.2 Å². The van der Waals surface area contributed by atoms with Crippen molar-refractivity contribution in [3.8, 4) is 11.1 Å². The summed E-state index contributed by atoms with van der Waals surface area (Å²) in [4.78, 5) is 43.3. The lowest BCUT2D eigenvalue weighted by molar-refractivity contribution is -0.00687. The molecule has 9 rings (SSSR count). The van der Waals surface area contributed by atoms with Crippen LogP contribution in [0.3, 0.4) is 0 Å². The van der Waals surface area contributed by atoms with Crippen molar-refractivity contribution < 1.29 is 19.5 Å². The van der Waals surface area contributed by atoms with Crippen molar-refractivity contribution in [3.63, 3.8) is 0 Å². The van der Waals surface area contributed by atoms with Crippen molar-refractivity contribution in [1.29, 1.82) is 0 Å². The molecule has 2 heterocycles. The van der Waals surface area contributed by atoms with Gasteiger partial charge in [0, 0.05) is 33.0 Å². The smallest absolute Gasteiger partial charge is 0.265 e. The molecule has 6 aromatic carbocycles. The normalized spacial score (nSPS) is 18.5. The third kappa shape index (κ3) is 4.20. The fourth-order valence-corrected chi connectivity index (χ4v) is 7.45. The zero-order valence-corrected chi connectivity index (χ0v) is 25.7. The van der Waals surface area contributed by atoms with Gasteiger partial charge in [0.2, 0.25) is 0 Å². The monoisotopic (exact) mass is 624 g/mol. The quantitative estimate of drug-likeness (QED) is 0.200. The molecular formula is C42H28N2O4. The Morgan fingerprint density at radius 1 is 0.562 bits per heavy atom. The molecule has 6 aromatic rings. The topological polar surface area (TPSA) is 77.9 Å². The highest BCUT2D eigenvalue weighted by atomic mass is 16.3. The predicted molar refractivity (Wildman–Crippen MR) is 188 cm³/mol. The lowest BCUT2D eigenvalue weighted by Crippen LogP contribution is -2.44. The van der Waals surface area contributed by atoms with Crippen LogP contribution in [0.1, 0.15) is 54.8 Å². The molecule has 0 fully saturated rings. The SMILES string of the molecule is O=C1c2cccc3cccc(c23)C(=O)N1c1ccc(-c2ccc(C3=CCC(N4C(=O)c5cccc6cccc(c56)C4O)C=C3)cc2)cc1. The molecule has 0 saturated heterocycles. The molecule has 2 aliphatic heterocycles. The molecule has 0 saturated carbocycles. The number of amides is 3. The average molecular weight is 625 g/mol. The number of hydrogen-bond acceptors (Lipinski definition) is 4. The van der Waals surface area contributed by atoms with Gasteiger partial charge in [0.1, 0.15) is 0 Å². The van der Waals surface area contributed by atoms with Crippen molar-refractivity contribution >= 4 is 50.5 Å². The van der Waals surface area contributed by atoms with Gasteiger partial charge < -0.3 is 10.0 Å². The van der Waals surface area contributed by atoms with Gasteiger partial charge in [-0.15, -0.1) is 0 Å². The summed E-state index contributed by atoms with van der Waals surface area (Å²) >= 11 is 0. The second kappa shape index (κ2) is 10.7. The number of hydrogen-bond donors (Lipinski definition) is 1. The molecule has 6 heteroatoms. The number of carbonyl (C=O) groups excluding carboxylic acids is 3. The van der Waals surface area contributed by atoms with Gasteiger partial charge in [-0.1, -0.05) is 109 Å². The minimum Gasteiger partial charge on any atom is -0.369 e. The molecule has 0 spiro atoms. The summed E-state index contributed by atoms with van der Waals surface area (Å²) in [6.07, 6.45) is 5.70. The molecule has 3 aliphatic rings. The van der Waals surface area contributed by atoms with Gasteiger partial charge in [0.15, 0.2) is 6.23 Å². The molecule has 0 radical (unpaired) electrons. The first-order chi connectivity index (χ1) is 23.5. The van der Waals surface area contributed by atoms with E-state index in [1.807, 2.05) is 97.1 Å². The zero-order chi connectivity index (χ0) is 32.5. The lowest BCUT2D eigenvalue weighted by atomic mass is 9.90. The summed E-state index contributed by atoms with van der Waals surface area (Å²) < 4.78 is 0. The molecule has 0 aromatic heterocycles. The molecule has 0 bridgehead atoms. The fraction of sp³-hybridized carbons (Fsp3) is 0.0714. The fourth-order valence-electron chi connectivity index (χ4n) is 7.45. The van der Waals surface area contributed by atoms with E-state index in [0.717, 1.165) is 44.0 Å². The zero-order valence-electron chi connectivity index (χ0n) is 25.7. The Bertz CT molecular complexity index is 2350. The van der Waals surface area contributed by atoms with E-state index in [4.69, 9.17) is 0 Å². The average Bonchev–Trinajstić information content (AvgIpc) is 3.13. The van der Waals surface area contributed by atoms with E-state index < -0.39 is 6.23 Å². The highest BCUT2D eigenvalue weighted by molar-refractivity contribution is 6.35. The standard InChI is InChI=1S/C42H28N2O4/c45-39-33-9-1-5-29-6-2-10-34(37(29)33)40(46)43(39)31-21-17-27(18-22-31)25-13-15-26(16-14-25)28-19-23-32(24-20-28)44-41(47)35-11-3-7-30-8-4-12-36(38(30)35)42(44)48/h1-23,32,41,47H,24H2. The number of rotatable bonds is 4. The first-order valence-corrected chi connectivity index (χ1v) is 16.0. The van der Waals surface area contributed by atoms with Gasteiger partial charge in [-0.2, -0.15) is 0 Å². The maximum absolute atomic E-state index is 13.5. The van der Waals surface area contributed by atoms with Gasteiger partial charge in [-0.25, -0.2) is 4.90 Å². The molecule has 2 unspecified atom stereocenters. The van der Waals surface area contributed by atoms with Crippen LogP contribution in [-0.4, -0.2) is 33.8 Å². The van der Waals surface area contributed by atoms with Crippen molar-refractivity contribution in [2.75, 3.05) is 4.90 Å². The first kappa shape index (κ1) is 28.1. The third-order valence-corrected chi connectivity index (χ3v) is 9.83. The predicted octanol–water partition coefficient (Wildman–Crippen LogP) is 8.32. The van der Waals surface area contributed by atoms with Crippen LogP contribution in [0, 0.1) is 0 Å². The van der Waals surface area contributed by atoms with Gasteiger partial charge in [0.05, 0.1) is 11.7 Å². The van der Waals surface area contributed by atoms with E-state index in [1.165, 1.54) is 4.90 Å². The van der Waals surface area contributed by atoms with Crippen LogP contribution >= 0.6 is 0 Å². The van der Waals surface area contributed by atoms with Crippen LogP contribution in [-0.2, 0) is 0 Å². The summed E-state index contributed by atoms with van der Waals surface area (Å²) in [6, 6.07) is 38.0. The Kier molecular flexibility index (Phi) is 6.29. The van der Waals surface area contributed by atoms with Crippen molar-refractivity contribution in [1.82, 2.24) is 4.90 Å². The Morgan fingerprint density at radius 3 is 1.67 bits per heavy atom. The minimum absolute atomic E-state index is 0.162. The van der Waals surface area contributed by atoms with Crippen LogP contribution in [0.4, 0.5) is 5.69 Å². The summed E-state index contributed by atoms with van der Waals surface area (Å²) in [5, 5.41) is 14.7. The molecular weight excluding hydrogens is 596 g/mol. The molecule has 2 atom stereocenters. The Hall–Kier alpha value is -6.11. The van der Waals surface area contributed by atoms with E-state index in [1.54, 1.807) is 17.0 Å². The Balaban J connectivity index is 0.920. The highest BCUT2D eigenvalue weighted by Crippen LogP contribution is 2.39. The maximum atomic E-state index is 13.5. The molecule has 1 aliphatic carbocycles. The van der Waals surface area contributed by atoms with Gasteiger partial charge in [-0.05, 0) is 69.8 Å². The van der Waals surface area contributed by atoms with Crippen molar-refractivity contribution in [2.45, 2.75) is 18.7 Å². The molecule has 230 valence electrons. The number of anilines is 1. The van der Waals surface area contributed by atoms with Gasteiger partial charge in [0.25, 0.3) is 17.7 Å². The van der Waals surface area contributed by atoms with Crippen LogP contribution in [0.2, 0.25) is 0 Å².